The number of imidazole rings is 1. The van der Waals surface area contributed by atoms with Gasteiger partial charge in [-0.25, -0.2) is 25.8 Å². The fourth-order valence-corrected chi connectivity index (χ4v) is 4.12. The van der Waals surface area contributed by atoms with Crippen molar-refractivity contribution in [1.82, 2.24) is 34.7 Å². The Balaban J connectivity index is 1.58. The van der Waals surface area contributed by atoms with Crippen LogP contribution in [0.2, 0.25) is 0 Å². The predicted molar refractivity (Wildman–Crippen MR) is 117 cm³/mol. The first kappa shape index (κ1) is 20.3. The van der Waals surface area contributed by atoms with E-state index >= 15 is 0 Å². The number of amides is 1. The van der Waals surface area contributed by atoms with Crippen molar-refractivity contribution in [3.8, 4) is 22.8 Å². The van der Waals surface area contributed by atoms with Gasteiger partial charge < -0.3 is 14.1 Å². The number of rotatable bonds is 5. The third-order valence-electron chi connectivity index (χ3n) is 5.83. The summed E-state index contributed by atoms with van der Waals surface area (Å²) in [4.78, 5) is 31.0. The summed E-state index contributed by atoms with van der Waals surface area (Å²) in [6.07, 6.45) is 10.2. The highest BCUT2D eigenvalue weighted by Gasteiger charge is 2.32. The van der Waals surface area contributed by atoms with Crippen LogP contribution >= 0.6 is 0 Å². The lowest BCUT2D eigenvalue weighted by atomic mass is 10.00. The van der Waals surface area contributed by atoms with Gasteiger partial charge >= 0.3 is 0 Å². The van der Waals surface area contributed by atoms with Gasteiger partial charge in [-0.15, -0.1) is 0 Å². The maximum atomic E-state index is 13.4. The number of hydrazine groups is 1. The molecule has 0 radical (unpaired) electrons. The van der Waals surface area contributed by atoms with E-state index in [1.807, 2.05) is 29.7 Å². The van der Waals surface area contributed by atoms with Gasteiger partial charge in [0.1, 0.15) is 23.3 Å². The van der Waals surface area contributed by atoms with Crippen LogP contribution in [0.4, 0.5) is 0 Å². The zero-order valence-corrected chi connectivity index (χ0v) is 17.9. The fourth-order valence-electron chi connectivity index (χ4n) is 4.12. The zero-order valence-electron chi connectivity index (χ0n) is 17.9. The molecular formula is C22H24N8O2. The average Bonchev–Trinajstić information content (AvgIpc) is 3.55. The third-order valence-corrected chi connectivity index (χ3v) is 5.83. The Morgan fingerprint density at radius 2 is 2.19 bits per heavy atom. The van der Waals surface area contributed by atoms with Crippen LogP contribution in [0.5, 0.6) is 0 Å². The lowest BCUT2D eigenvalue weighted by molar-refractivity contribution is 0.0705. The Morgan fingerprint density at radius 1 is 1.31 bits per heavy atom. The van der Waals surface area contributed by atoms with Gasteiger partial charge in [0.25, 0.3) is 5.91 Å². The lowest BCUT2D eigenvalue weighted by Gasteiger charge is -2.29. The molecule has 1 unspecified atom stereocenters. The highest BCUT2D eigenvalue weighted by atomic mass is 16.3. The van der Waals surface area contributed by atoms with Crippen LogP contribution in [0.1, 0.15) is 35.9 Å². The van der Waals surface area contributed by atoms with Gasteiger partial charge in [-0.3, -0.25) is 9.80 Å². The Morgan fingerprint density at radius 3 is 2.94 bits per heavy atom. The SMILES string of the molecule is Cc1cnc2ccc(-c3nc(-c4ncco4)cnc3C(=O)N(N)CC3(C)CCCN3)cn12. The molecule has 4 aromatic heterocycles. The first-order valence-electron chi connectivity index (χ1n) is 10.5. The van der Waals surface area contributed by atoms with Crippen LogP contribution in [0.15, 0.2) is 47.6 Å². The predicted octanol–water partition coefficient (Wildman–Crippen LogP) is 2.21. The molecule has 10 nitrogen and oxygen atoms in total. The number of pyridine rings is 1. The van der Waals surface area contributed by atoms with Gasteiger partial charge in [0.15, 0.2) is 5.69 Å². The number of nitrogens with zero attached hydrogens (tertiary/aromatic N) is 6. The zero-order chi connectivity index (χ0) is 22.3. The van der Waals surface area contributed by atoms with E-state index in [0.29, 0.717) is 29.4 Å². The Bertz CT molecular complexity index is 1270. The molecule has 0 aliphatic carbocycles. The Labute approximate surface area is 184 Å². The van der Waals surface area contributed by atoms with E-state index in [1.165, 1.54) is 23.7 Å². The molecule has 1 aliphatic heterocycles. The van der Waals surface area contributed by atoms with Crippen LogP contribution in [0.25, 0.3) is 28.5 Å². The second-order valence-electron chi connectivity index (χ2n) is 8.36. The van der Waals surface area contributed by atoms with Crippen LogP contribution < -0.4 is 11.2 Å². The van der Waals surface area contributed by atoms with E-state index < -0.39 is 5.91 Å². The standard InChI is InChI=1S/C22H24N8O2/c1-14-10-25-17-5-4-15(12-29(14)17)18-19(26-11-16(28-18)20-24-8-9-32-20)21(31)30(23)13-22(2)6-3-7-27-22/h4-5,8-12,27H,3,6-7,13,23H2,1-2H3. The number of fused-ring (bicyclic) bond motifs is 1. The Hall–Kier alpha value is -3.63. The number of carbonyl (C=O) groups excluding carboxylic acids is 1. The maximum Gasteiger partial charge on any atom is 0.288 e. The quantitative estimate of drug-likeness (QED) is 0.279. The van der Waals surface area contributed by atoms with E-state index in [-0.39, 0.29) is 11.2 Å². The van der Waals surface area contributed by atoms with Crippen molar-refractivity contribution >= 4 is 11.6 Å². The van der Waals surface area contributed by atoms with Crippen LogP contribution in [-0.2, 0) is 0 Å². The first-order valence-corrected chi connectivity index (χ1v) is 10.5. The normalized spacial score (nSPS) is 18.3. The average molecular weight is 432 g/mol. The molecule has 1 amide bonds. The molecule has 1 atom stereocenters. The smallest absolute Gasteiger partial charge is 0.288 e. The number of aryl methyl sites for hydroxylation is 1. The van der Waals surface area contributed by atoms with Crippen LogP contribution in [0, 0.1) is 6.92 Å². The minimum Gasteiger partial charge on any atom is -0.443 e. The molecule has 3 N–H and O–H groups in total. The second-order valence-corrected chi connectivity index (χ2v) is 8.36. The first-order chi connectivity index (χ1) is 15.4. The summed E-state index contributed by atoms with van der Waals surface area (Å²) in [7, 11) is 0. The number of carbonyl (C=O) groups is 1. The maximum absolute atomic E-state index is 13.4. The molecular weight excluding hydrogens is 408 g/mol. The summed E-state index contributed by atoms with van der Waals surface area (Å²) in [6, 6.07) is 3.74. The van der Waals surface area contributed by atoms with E-state index in [4.69, 9.17) is 10.3 Å². The molecule has 164 valence electrons. The highest BCUT2D eigenvalue weighted by Crippen LogP contribution is 2.26. The number of aromatic nitrogens is 5. The summed E-state index contributed by atoms with van der Waals surface area (Å²) in [5.74, 6) is 6.15. The highest BCUT2D eigenvalue weighted by molar-refractivity contribution is 5.98. The molecule has 5 rings (SSSR count). The fraction of sp³-hybridized carbons (Fsp3) is 0.318. The van der Waals surface area contributed by atoms with E-state index in [0.717, 1.165) is 30.7 Å². The van der Waals surface area contributed by atoms with Crippen LogP contribution in [0.3, 0.4) is 0 Å². The third kappa shape index (κ3) is 3.63. The van der Waals surface area contributed by atoms with Gasteiger partial charge in [-0.1, -0.05) is 0 Å². The van der Waals surface area contributed by atoms with Crippen molar-refractivity contribution in [2.45, 2.75) is 32.2 Å². The van der Waals surface area contributed by atoms with Crippen molar-refractivity contribution < 1.29 is 9.21 Å². The minimum absolute atomic E-state index is 0.168. The summed E-state index contributed by atoms with van der Waals surface area (Å²) < 4.78 is 7.32. The number of hydrogen-bond acceptors (Lipinski definition) is 8. The largest absolute Gasteiger partial charge is 0.443 e. The molecule has 0 bridgehead atoms. The summed E-state index contributed by atoms with van der Waals surface area (Å²) >= 11 is 0. The van der Waals surface area contributed by atoms with Gasteiger partial charge in [0.2, 0.25) is 5.89 Å². The van der Waals surface area contributed by atoms with Crippen molar-refractivity contribution in [2.75, 3.05) is 13.1 Å². The number of oxazole rings is 1. The molecule has 4 aromatic rings. The molecule has 1 fully saturated rings. The van der Waals surface area contributed by atoms with Crippen molar-refractivity contribution in [1.29, 1.82) is 0 Å². The number of hydrogen-bond donors (Lipinski definition) is 2. The molecule has 1 aliphatic rings. The van der Waals surface area contributed by atoms with Crippen molar-refractivity contribution in [3.05, 3.63) is 54.6 Å². The van der Waals surface area contributed by atoms with Crippen LogP contribution in [-0.4, -0.2) is 53.9 Å². The molecule has 0 aromatic carbocycles. The second kappa shape index (κ2) is 7.81. The van der Waals surface area contributed by atoms with Gasteiger partial charge in [-0.2, -0.15) is 0 Å². The van der Waals surface area contributed by atoms with Gasteiger partial charge in [0, 0.05) is 29.2 Å². The number of nitrogens with two attached hydrogens (primary N) is 1. The molecule has 0 spiro atoms. The molecule has 10 heteroatoms. The molecule has 32 heavy (non-hydrogen) atoms. The number of nitrogens with one attached hydrogen (secondary N) is 1. The lowest BCUT2D eigenvalue weighted by Crippen LogP contribution is -2.52. The Kier molecular flexibility index (Phi) is 4.95. The molecule has 0 saturated carbocycles. The van der Waals surface area contributed by atoms with E-state index in [1.54, 1.807) is 6.20 Å². The van der Waals surface area contributed by atoms with Crippen molar-refractivity contribution in [2.24, 2.45) is 5.84 Å². The van der Waals surface area contributed by atoms with Crippen molar-refractivity contribution in [3.63, 3.8) is 0 Å². The van der Waals surface area contributed by atoms with Gasteiger partial charge in [0.05, 0.1) is 18.9 Å². The summed E-state index contributed by atoms with van der Waals surface area (Å²) in [6.45, 7) is 5.32. The topological polar surface area (TPSA) is 127 Å². The summed E-state index contributed by atoms with van der Waals surface area (Å²) in [5, 5.41) is 4.65. The monoisotopic (exact) mass is 432 g/mol. The van der Waals surface area contributed by atoms with E-state index in [2.05, 4.69) is 32.2 Å². The minimum atomic E-state index is -0.399. The summed E-state index contributed by atoms with van der Waals surface area (Å²) in [5.41, 5.74) is 3.26. The van der Waals surface area contributed by atoms with E-state index in [9.17, 15) is 4.79 Å². The molecule has 1 saturated heterocycles. The van der Waals surface area contributed by atoms with Gasteiger partial charge in [-0.05, 0) is 45.4 Å². The molecule has 5 heterocycles.